The molecule has 0 atom stereocenters. The lowest BCUT2D eigenvalue weighted by molar-refractivity contribution is 0.0677. The van der Waals surface area contributed by atoms with E-state index in [1.165, 1.54) is 0 Å². The summed E-state index contributed by atoms with van der Waals surface area (Å²) in [5, 5.41) is 20.5. The average Bonchev–Trinajstić information content (AvgIpc) is 2.42. The van der Waals surface area contributed by atoms with Gasteiger partial charge in [-0.2, -0.15) is 0 Å². The third-order valence-corrected chi connectivity index (χ3v) is 3.55. The molecule has 0 saturated carbocycles. The predicted molar refractivity (Wildman–Crippen MR) is 85.7 cm³/mol. The van der Waals surface area contributed by atoms with Crippen LogP contribution in [0.5, 0.6) is 5.75 Å². The second-order valence-corrected chi connectivity index (χ2v) is 6.69. The van der Waals surface area contributed by atoms with Crippen molar-refractivity contribution in [2.24, 2.45) is 5.41 Å². The fraction of sp³-hybridized carbons (Fsp3) is 0.412. The van der Waals surface area contributed by atoms with Gasteiger partial charge in [-0.25, -0.2) is 4.79 Å². The zero-order valence-electron chi connectivity index (χ0n) is 13.3. The normalized spacial score (nSPS) is 11.8. The Morgan fingerprint density at radius 3 is 2.36 bits per heavy atom. The highest BCUT2D eigenvalue weighted by molar-refractivity contribution is 5.98. The van der Waals surface area contributed by atoms with E-state index in [9.17, 15) is 19.8 Å². The van der Waals surface area contributed by atoms with Crippen molar-refractivity contribution in [2.75, 3.05) is 0 Å². The number of carboxylic acids is 1. The van der Waals surface area contributed by atoms with Gasteiger partial charge in [0, 0.05) is 11.9 Å². The molecule has 22 heavy (non-hydrogen) atoms. The maximum absolute atomic E-state index is 12.7. The van der Waals surface area contributed by atoms with Crippen LogP contribution in [0.4, 0.5) is 0 Å². The summed E-state index contributed by atoms with van der Waals surface area (Å²) in [7, 11) is 0. The second kappa shape index (κ2) is 5.48. The molecule has 5 nitrogen and oxygen atoms in total. The van der Waals surface area contributed by atoms with E-state index >= 15 is 0 Å². The van der Waals surface area contributed by atoms with E-state index in [1.807, 2.05) is 33.8 Å². The molecule has 0 aliphatic heterocycles. The van der Waals surface area contributed by atoms with Crippen LogP contribution in [0, 0.1) is 5.41 Å². The molecule has 2 N–H and O–H groups in total. The lowest BCUT2D eigenvalue weighted by atomic mass is 9.96. The van der Waals surface area contributed by atoms with Gasteiger partial charge >= 0.3 is 5.97 Å². The SMILES string of the molecule is CCc1ccc2c(=O)n(CC(C)(C)C)c(C(=O)O)c(O)c2c1. The molecular formula is C17H21NO4. The highest BCUT2D eigenvalue weighted by atomic mass is 16.4. The fourth-order valence-electron chi connectivity index (χ4n) is 2.54. The van der Waals surface area contributed by atoms with Crippen molar-refractivity contribution < 1.29 is 15.0 Å². The Balaban J connectivity index is 2.90. The molecule has 0 fully saturated rings. The molecule has 0 radical (unpaired) electrons. The number of pyridine rings is 1. The minimum absolute atomic E-state index is 0.215. The van der Waals surface area contributed by atoms with Crippen molar-refractivity contribution in [1.29, 1.82) is 0 Å². The monoisotopic (exact) mass is 303 g/mol. The molecular weight excluding hydrogens is 282 g/mol. The van der Waals surface area contributed by atoms with E-state index < -0.39 is 5.97 Å². The van der Waals surface area contributed by atoms with Crippen LogP contribution in [0.15, 0.2) is 23.0 Å². The van der Waals surface area contributed by atoms with Gasteiger partial charge in [0.15, 0.2) is 11.4 Å². The zero-order valence-corrected chi connectivity index (χ0v) is 13.3. The fourth-order valence-corrected chi connectivity index (χ4v) is 2.54. The number of aromatic hydroxyl groups is 1. The molecule has 0 amide bonds. The molecule has 0 aliphatic rings. The number of hydrogen-bond donors (Lipinski definition) is 2. The van der Waals surface area contributed by atoms with Gasteiger partial charge in [-0.05, 0) is 29.5 Å². The lowest BCUT2D eigenvalue weighted by Gasteiger charge is -2.22. The molecule has 2 rings (SSSR count). The van der Waals surface area contributed by atoms with Crippen LogP contribution in [0.2, 0.25) is 0 Å². The summed E-state index contributed by atoms with van der Waals surface area (Å²) in [6, 6.07) is 5.16. The van der Waals surface area contributed by atoms with Crippen LogP contribution in [-0.2, 0) is 13.0 Å². The largest absolute Gasteiger partial charge is 0.505 e. The first-order valence-electron chi connectivity index (χ1n) is 7.27. The number of carbonyl (C=O) groups is 1. The van der Waals surface area contributed by atoms with E-state index in [1.54, 1.807) is 12.1 Å². The van der Waals surface area contributed by atoms with Crippen molar-refractivity contribution in [2.45, 2.75) is 40.7 Å². The third kappa shape index (κ3) is 2.84. The number of rotatable bonds is 3. The molecule has 0 saturated heterocycles. The van der Waals surface area contributed by atoms with Gasteiger partial charge in [0.25, 0.3) is 5.56 Å². The smallest absolute Gasteiger partial charge is 0.356 e. The van der Waals surface area contributed by atoms with Gasteiger partial charge in [-0.15, -0.1) is 0 Å². The van der Waals surface area contributed by atoms with Crippen LogP contribution in [0.1, 0.15) is 43.7 Å². The van der Waals surface area contributed by atoms with Gasteiger partial charge in [-0.3, -0.25) is 9.36 Å². The number of aromatic carboxylic acids is 1. The number of aromatic nitrogens is 1. The van der Waals surface area contributed by atoms with E-state index in [0.717, 1.165) is 16.6 Å². The van der Waals surface area contributed by atoms with Gasteiger partial charge in [0.05, 0.1) is 5.39 Å². The molecule has 0 spiro atoms. The maximum atomic E-state index is 12.7. The van der Waals surface area contributed by atoms with E-state index in [2.05, 4.69) is 0 Å². The molecule has 0 aliphatic carbocycles. The Morgan fingerprint density at radius 2 is 1.86 bits per heavy atom. The number of nitrogens with zero attached hydrogens (tertiary/aromatic N) is 1. The Hall–Kier alpha value is -2.30. The maximum Gasteiger partial charge on any atom is 0.356 e. The molecule has 1 heterocycles. The first kappa shape index (κ1) is 16.1. The van der Waals surface area contributed by atoms with Crippen molar-refractivity contribution in [3.63, 3.8) is 0 Å². The van der Waals surface area contributed by atoms with Gasteiger partial charge in [0.1, 0.15) is 0 Å². The van der Waals surface area contributed by atoms with Crippen LogP contribution >= 0.6 is 0 Å². The molecule has 118 valence electrons. The standard InChI is InChI=1S/C17H21NO4/c1-5-10-6-7-11-12(8-10)14(19)13(16(21)22)18(15(11)20)9-17(2,3)4/h6-8,19H,5,9H2,1-4H3,(H,21,22). The number of carboxylic acid groups (broad SMARTS) is 1. The van der Waals surface area contributed by atoms with E-state index in [-0.39, 0.29) is 29.0 Å². The predicted octanol–water partition coefficient (Wildman–Crippen LogP) is 3.01. The minimum atomic E-state index is -1.30. The van der Waals surface area contributed by atoms with Crippen LogP contribution in [0.25, 0.3) is 10.8 Å². The van der Waals surface area contributed by atoms with E-state index in [4.69, 9.17) is 0 Å². The summed E-state index contributed by atoms with van der Waals surface area (Å²) in [4.78, 5) is 24.2. The first-order chi connectivity index (χ1) is 10.2. The van der Waals surface area contributed by atoms with Crippen LogP contribution < -0.4 is 5.56 Å². The van der Waals surface area contributed by atoms with Crippen molar-refractivity contribution in [3.05, 3.63) is 39.8 Å². The lowest BCUT2D eigenvalue weighted by Crippen LogP contribution is -2.31. The van der Waals surface area contributed by atoms with Gasteiger partial charge in [-0.1, -0.05) is 33.8 Å². The number of aryl methyl sites for hydroxylation is 1. The van der Waals surface area contributed by atoms with Gasteiger partial charge in [0.2, 0.25) is 0 Å². The van der Waals surface area contributed by atoms with Crippen molar-refractivity contribution in [1.82, 2.24) is 4.57 Å². The Labute approximate surface area is 128 Å². The summed E-state index contributed by atoms with van der Waals surface area (Å²) in [5.74, 6) is -1.65. The third-order valence-electron chi connectivity index (χ3n) is 3.55. The Morgan fingerprint density at radius 1 is 1.23 bits per heavy atom. The summed E-state index contributed by atoms with van der Waals surface area (Å²) < 4.78 is 1.16. The second-order valence-electron chi connectivity index (χ2n) is 6.69. The van der Waals surface area contributed by atoms with Gasteiger partial charge < -0.3 is 10.2 Å². The minimum Gasteiger partial charge on any atom is -0.505 e. The Bertz CT molecular complexity index is 797. The average molecular weight is 303 g/mol. The first-order valence-corrected chi connectivity index (χ1v) is 7.27. The molecule has 2 aromatic rings. The summed E-state index contributed by atoms with van der Waals surface area (Å²) in [5.41, 5.74) is -0.0899. The summed E-state index contributed by atoms with van der Waals surface area (Å²) >= 11 is 0. The number of hydrogen-bond acceptors (Lipinski definition) is 3. The molecule has 0 unspecified atom stereocenters. The summed E-state index contributed by atoms with van der Waals surface area (Å²) in [6.07, 6.45) is 0.739. The highest BCUT2D eigenvalue weighted by Crippen LogP contribution is 2.29. The summed E-state index contributed by atoms with van der Waals surface area (Å²) in [6.45, 7) is 7.90. The number of benzene rings is 1. The van der Waals surface area contributed by atoms with Crippen LogP contribution in [0.3, 0.4) is 0 Å². The molecule has 0 bridgehead atoms. The quantitative estimate of drug-likeness (QED) is 0.913. The van der Waals surface area contributed by atoms with Crippen molar-refractivity contribution in [3.8, 4) is 5.75 Å². The topological polar surface area (TPSA) is 79.5 Å². The molecule has 5 heteroatoms. The Kier molecular flexibility index (Phi) is 4.00. The van der Waals surface area contributed by atoms with Crippen molar-refractivity contribution >= 4 is 16.7 Å². The number of fused-ring (bicyclic) bond motifs is 1. The highest BCUT2D eigenvalue weighted by Gasteiger charge is 2.24. The molecule has 1 aromatic heterocycles. The zero-order chi connectivity index (χ0) is 16.7. The van der Waals surface area contributed by atoms with E-state index in [0.29, 0.717) is 10.8 Å². The molecule has 1 aromatic carbocycles. The van der Waals surface area contributed by atoms with Crippen LogP contribution in [-0.4, -0.2) is 20.7 Å².